The number of benzene rings is 1. The van der Waals surface area contributed by atoms with Gasteiger partial charge in [-0.2, -0.15) is 0 Å². The molecule has 1 amide bonds. The maximum absolute atomic E-state index is 11.7. The van der Waals surface area contributed by atoms with Gasteiger partial charge in [0.15, 0.2) is 5.96 Å². The summed E-state index contributed by atoms with van der Waals surface area (Å²) in [6, 6.07) is 6.09. The van der Waals surface area contributed by atoms with Gasteiger partial charge in [-0.05, 0) is 51.0 Å². The van der Waals surface area contributed by atoms with E-state index in [1.54, 1.807) is 7.05 Å². The molecule has 5 nitrogen and oxygen atoms in total. The number of nitrogens with one attached hydrogen (secondary N) is 2. The second-order valence-corrected chi connectivity index (χ2v) is 5.67. The van der Waals surface area contributed by atoms with Crippen LogP contribution in [-0.2, 0) is 4.79 Å². The molecule has 20 heavy (non-hydrogen) atoms. The van der Waals surface area contributed by atoms with E-state index in [-0.39, 0.29) is 5.91 Å². The van der Waals surface area contributed by atoms with Crippen molar-refractivity contribution in [3.63, 3.8) is 0 Å². The average molecular weight is 276 g/mol. The van der Waals surface area contributed by atoms with E-state index in [1.807, 2.05) is 39.8 Å². The smallest absolute Gasteiger partial charge is 0.227 e. The van der Waals surface area contributed by atoms with Crippen LogP contribution in [0.5, 0.6) is 0 Å². The van der Waals surface area contributed by atoms with Gasteiger partial charge in [0, 0.05) is 12.7 Å². The Morgan fingerprint density at radius 3 is 2.30 bits per heavy atom. The number of rotatable bonds is 4. The summed E-state index contributed by atoms with van der Waals surface area (Å²) < 4.78 is 0. The Labute approximate surface area is 120 Å². The molecule has 0 spiro atoms. The molecule has 0 unspecified atom stereocenters. The van der Waals surface area contributed by atoms with E-state index in [4.69, 9.17) is 5.73 Å². The Hall–Kier alpha value is -2.04. The van der Waals surface area contributed by atoms with Crippen LogP contribution >= 0.6 is 0 Å². The summed E-state index contributed by atoms with van der Waals surface area (Å²) in [5.41, 5.74) is 8.50. The van der Waals surface area contributed by atoms with Crippen LogP contribution in [0.2, 0.25) is 0 Å². The monoisotopic (exact) mass is 276 g/mol. The topological polar surface area (TPSA) is 79.5 Å². The molecular formula is C15H24N4O. The van der Waals surface area contributed by atoms with Gasteiger partial charge in [0.25, 0.3) is 0 Å². The second kappa shape index (κ2) is 6.41. The minimum atomic E-state index is -0.580. The normalized spacial score (nSPS) is 12.2. The van der Waals surface area contributed by atoms with Crippen molar-refractivity contribution < 1.29 is 4.79 Å². The number of guanidine groups is 1. The second-order valence-electron chi connectivity index (χ2n) is 5.67. The van der Waals surface area contributed by atoms with Gasteiger partial charge in [-0.1, -0.05) is 6.07 Å². The molecule has 0 radical (unpaired) electrons. The van der Waals surface area contributed by atoms with Crippen LogP contribution < -0.4 is 16.4 Å². The minimum Gasteiger partial charge on any atom is -0.370 e. The number of nitrogens with two attached hydrogens (primary N) is 1. The number of hydrogen-bond acceptors (Lipinski definition) is 2. The molecule has 4 N–H and O–H groups in total. The Kier molecular flexibility index (Phi) is 5.13. The molecule has 0 fully saturated rings. The van der Waals surface area contributed by atoms with Crippen LogP contribution in [0.25, 0.3) is 0 Å². The Bertz CT molecular complexity index is 500. The quantitative estimate of drug-likeness (QED) is 0.579. The molecule has 5 heteroatoms. The fourth-order valence-electron chi connectivity index (χ4n) is 1.93. The van der Waals surface area contributed by atoms with Gasteiger partial charge in [0.1, 0.15) is 0 Å². The van der Waals surface area contributed by atoms with Gasteiger partial charge in [-0.25, -0.2) is 0 Å². The highest BCUT2D eigenvalue weighted by Crippen LogP contribution is 2.16. The number of aryl methyl sites for hydroxylation is 2. The molecule has 0 saturated carbocycles. The molecule has 0 saturated heterocycles. The highest BCUT2D eigenvalue weighted by atomic mass is 16.2. The maximum atomic E-state index is 11.7. The fraction of sp³-hybridized carbons (Fsp3) is 0.467. The lowest BCUT2D eigenvalue weighted by Gasteiger charge is -2.20. The van der Waals surface area contributed by atoms with Crippen LogP contribution in [-0.4, -0.2) is 25.5 Å². The van der Waals surface area contributed by atoms with Crippen LogP contribution in [0.15, 0.2) is 23.2 Å². The molecular weight excluding hydrogens is 252 g/mol. The molecule has 110 valence electrons. The first kappa shape index (κ1) is 16.0. The van der Waals surface area contributed by atoms with E-state index in [0.29, 0.717) is 12.5 Å². The molecule has 0 aliphatic carbocycles. The van der Waals surface area contributed by atoms with Crippen molar-refractivity contribution in [3.8, 4) is 0 Å². The zero-order valence-electron chi connectivity index (χ0n) is 12.9. The van der Waals surface area contributed by atoms with Gasteiger partial charge in [-0.15, -0.1) is 0 Å². The lowest BCUT2D eigenvalue weighted by Crippen LogP contribution is -2.37. The SMILES string of the molecule is CNC(=O)C(C)(C)CN=C(N)Nc1cc(C)cc(C)c1. The van der Waals surface area contributed by atoms with Gasteiger partial charge < -0.3 is 16.4 Å². The zero-order chi connectivity index (χ0) is 15.3. The number of carbonyl (C=O) groups is 1. The average Bonchev–Trinajstić information content (AvgIpc) is 2.34. The number of hydrogen-bond donors (Lipinski definition) is 3. The Morgan fingerprint density at radius 1 is 1.25 bits per heavy atom. The van der Waals surface area contributed by atoms with E-state index < -0.39 is 5.41 Å². The molecule has 1 rings (SSSR count). The Balaban J connectivity index is 2.73. The number of carbonyl (C=O) groups excluding carboxylic acids is 1. The van der Waals surface area contributed by atoms with E-state index in [2.05, 4.69) is 21.7 Å². The molecule has 0 aliphatic rings. The first-order valence-corrected chi connectivity index (χ1v) is 6.62. The highest BCUT2D eigenvalue weighted by molar-refractivity contribution is 5.92. The van der Waals surface area contributed by atoms with Crippen molar-refractivity contribution in [2.24, 2.45) is 16.1 Å². The molecule has 1 aromatic carbocycles. The van der Waals surface area contributed by atoms with Crippen molar-refractivity contribution in [2.75, 3.05) is 18.9 Å². The zero-order valence-corrected chi connectivity index (χ0v) is 12.9. The van der Waals surface area contributed by atoms with Gasteiger partial charge in [-0.3, -0.25) is 9.79 Å². The number of amides is 1. The molecule has 1 aromatic rings. The van der Waals surface area contributed by atoms with Crippen LogP contribution in [0.4, 0.5) is 5.69 Å². The third-order valence-electron chi connectivity index (χ3n) is 2.98. The summed E-state index contributed by atoms with van der Waals surface area (Å²) in [5.74, 6) is 0.257. The fourth-order valence-corrected chi connectivity index (χ4v) is 1.93. The van der Waals surface area contributed by atoms with Crippen molar-refractivity contribution in [2.45, 2.75) is 27.7 Å². The van der Waals surface area contributed by atoms with Crippen molar-refractivity contribution in [3.05, 3.63) is 29.3 Å². The van der Waals surface area contributed by atoms with Crippen molar-refractivity contribution in [1.82, 2.24) is 5.32 Å². The van der Waals surface area contributed by atoms with Crippen molar-refractivity contribution in [1.29, 1.82) is 0 Å². The molecule has 0 bridgehead atoms. The van der Waals surface area contributed by atoms with E-state index in [0.717, 1.165) is 16.8 Å². The molecule has 0 atom stereocenters. The molecule has 0 aliphatic heterocycles. The highest BCUT2D eigenvalue weighted by Gasteiger charge is 2.26. The summed E-state index contributed by atoms with van der Waals surface area (Å²) >= 11 is 0. The number of anilines is 1. The third kappa shape index (κ3) is 4.57. The minimum absolute atomic E-state index is 0.0551. The lowest BCUT2D eigenvalue weighted by molar-refractivity contribution is -0.128. The van der Waals surface area contributed by atoms with Crippen molar-refractivity contribution >= 4 is 17.6 Å². The summed E-state index contributed by atoms with van der Waals surface area (Å²) in [4.78, 5) is 15.9. The lowest BCUT2D eigenvalue weighted by atomic mass is 9.93. The van der Waals surface area contributed by atoms with E-state index >= 15 is 0 Å². The maximum Gasteiger partial charge on any atom is 0.227 e. The third-order valence-corrected chi connectivity index (χ3v) is 2.98. The first-order chi connectivity index (χ1) is 9.24. The van der Waals surface area contributed by atoms with Gasteiger partial charge in [0.05, 0.1) is 12.0 Å². The standard InChI is InChI=1S/C15H24N4O/c1-10-6-11(2)8-12(7-10)19-14(16)18-9-15(3,4)13(20)17-5/h6-8H,9H2,1-5H3,(H,17,20)(H3,16,18,19). The van der Waals surface area contributed by atoms with Gasteiger partial charge >= 0.3 is 0 Å². The van der Waals surface area contributed by atoms with Gasteiger partial charge in [0.2, 0.25) is 5.91 Å². The summed E-state index contributed by atoms with van der Waals surface area (Å²) in [6.45, 7) is 8.05. The largest absolute Gasteiger partial charge is 0.370 e. The summed E-state index contributed by atoms with van der Waals surface area (Å²) in [6.07, 6.45) is 0. The predicted molar refractivity (Wildman–Crippen MR) is 83.9 cm³/mol. The van der Waals surface area contributed by atoms with E-state index in [1.165, 1.54) is 0 Å². The first-order valence-electron chi connectivity index (χ1n) is 6.62. The van der Waals surface area contributed by atoms with E-state index in [9.17, 15) is 4.79 Å². The Morgan fingerprint density at radius 2 is 1.80 bits per heavy atom. The molecule has 0 aromatic heterocycles. The number of aliphatic imine (C=N–C) groups is 1. The number of nitrogens with zero attached hydrogens (tertiary/aromatic N) is 1. The summed E-state index contributed by atoms with van der Waals surface area (Å²) in [7, 11) is 1.62. The van der Waals surface area contributed by atoms with Crippen LogP contribution in [0.3, 0.4) is 0 Å². The van der Waals surface area contributed by atoms with Crippen LogP contribution in [0, 0.1) is 19.3 Å². The summed E-state index contributed by atoms with van der Waals surface area (Å²) in [5, 5.41) is 5.67. The van der Waals surface area contributed by atoms with Crippen LogP contribution in [0.1, 0.15) is 25.0 Å². The predicted octanol–water partition coefficient (Wildman–Crippen LogP) is 1.80. The molecule has 0 heterocycles.